The number of hydrogen-bond acceptors (Lipinski definition) is 5. The van der Waals surface area contributed by atoms with E-state index in [9.17, 15) is 9.90 Å². The molecule has 6 heteroatoms. The van der Waals surface area contributed by atoms with Crippen LogP contribution in [-0.2, 0) is 22.6 Å². The lowest BCUT2D eigenvalue weighted by Gasteiger charge is -2.43. The summed E-state index contributed by atoms with van der Waals surface area (Å²) in [7, 11) is 0. The summed E-state index contributed by atoms with van der Waals surface area (Å²) >= 11 is 0. The molecule has 4 atom stereocenters. The molecule has 1 amide bonds. The van der Waals surface area contributed by atoms with Crippen molar-refractivity contribution in [2.45, 2.75) is 57.8 Å². The van der Waals surface area contributed by atoms with Gasteiger partial charge in [-0.25, -0.2) is 0 Å². The van der Waals surface area contributed by atoms with Gasteiger partial charge >= 0.3 is 0 Å². The summed E-state index contributed by atoms with van der Waals surface area (Å²) in [5, 5.41) is 12.6. The zero-order valence-electron chi connectivity index (χ0n) is 25.4. The van der Waals surface area contributed by atoms with Gasteiger partial charge in [0.25, 0.3) is 5.91 Å². The molecule has 0 unspecified atom stereocenters. The molecule has 4 aromatic rings. The number of carbonyl (C=O) groups excluding carboxylic acids is 1. The third-order valence-corrected chi connectivity index (χ3v) is 8.92. The lowest BCUT2D eigenvalue weighted by atomic mass is 9.89. The molecule has 2 heterocycles. The van der Waals surface area contributed by atoms with Crippen molar-refractivity contribution in [2.75, 3.05) is 19.6 Å². The van der Waals surface area contributed by atoms with Crippen LogP contribution in [0.25, 0.3) is 11.1 Å². The lowest BCUT2D eigenvalue weighted by Crippen LogP contribution is -2.45. The number of piperidine rings is 1. The summed E-state index contributed by atoms with van der Waals surface area (Å²) in [5.74, 6) is 0.0811. The summed E-state index contributed by atoms with van der Waals surface area (Å²) in [6.45, 7) is 5.83. The molecule has 0 bridgehead atoms. The molecule has 44 heavy (non-hydrogen) atoms. The smallest absolute Gasteiger partial charge is 0.251 e. The van der Waals surface area contributed by atoms with Crippen LogP contribution in [0.2, 0.25) is 0 Å². The van der Waals surface area contributed by atoms with Gasteiger partial charge in [0.2, 0.25) is 0 Å². The predicted molar refractivity (Wildman–Crippen MR) is 173 cm³/mol. The Morgan fingerprint density at radius 2 is 1.52 bits per heavy atom. The van der Waals surface area contributed by atoms with Crippen LogP contribution in [0.3, 0.4) is 0 Å². The Hall–Kier alpha value is -3.81. The molecule has 6 nitrogen and oxygen atoms in total. The maximum atomic E-state index is 12.6. The van der Waals surface area contributed by atoms with E-state index in [0.29, 0.717) is 12.1 Å². The maximum absolute atomic E-state index is 12.6. The minimum absolute atomic E-state index is 0.0228. The van der Waals surface area contributed by atoms with E-state index in [2.05, 4.69) is 65.7 Å². The van der Waals surface area contributed by atoms with Crippen molar-refractivity contribution >= 4 is 5.91 Å². The van der Waals surface area contributed by atoms with E-state index in [1.807, 2.05) is 54.6 Å². The molecule has 0 aromatic heterocycles. The first kappa shape index (κ1) is 30.2. The lowest BCUT2D eigenvalue weighted by molar-refractivity contribution is -0.276. The fraction of sp³-hybridized carbons (Fsp3) is 0.342. The Labute approximate surface area is 260 Å². The van der Waals surface area contributed by atoms with Crippen molar-refractivity contribution < 1.29 is 19.4 Å². The highest BCUT2D eigenvalue weighted by Gasteiger charge is 2.39. The molecule has 2 aliphatic heterocycles. The quantitative estimate of drug-likeness (QED) is 0.219. The van der Waals surface area contributed by atoms with E-state index in [1.165, 1.54) is 19.3 Å². The first-order valence-corrected chi connectivity index (χ1v) is 15.8. The highest BCUT2D eigenvalue weighted by atomic mass is 16.7. The number of aliphatic hydroxyl groups excluding tert-OH is 1. The number of ether oxygens (including phenoxy) is 2. The Kier molecular flexibility index (Phi) is 9.83. The minimum Gasteiger partial charge on any atom is -0.392 e. The number of nitrogens with one attached hydrogen (secondary N) is 1. The molecule has 0 saturated carbocycles. The molecular weight excluding hydrogens is 548 g/mol. The monoisotopic (exact) mass is 590 g/mol. The first-order valence-electron chi connectivity index (χ1n) is 15.8. The van der Waals surface area contributed by atoms with Gasteiger partial charge in [0, 0.05) is 30.1 Å². The average Bonchev–Trinajstić information content (AvgIpc) is 3.09. The van der Waals surface area contributed by atoms with Crippen molar-refractivity contribution in [1.29, 1.82) is 0 Å². The normalized spacial score (nSPS) is 22.4. The third kappa shape index (κ3) is 7.28. The van der Waals surface area contributed by atoms with Crippen LogP contribution < -0.4 is 5.32 Å². The van der Waals surface area contributed by atoms with Gasteiger partial charge in [-0.05, 0) is 78.0 Å². The number of amides is 1. The second-order valence-electron chi connectivity index (χ2n) is 12.1. The summed E-state index contributed by atoms with van der Waals surface area (Å²) in [4.78, 5) is 15.1. The molecule has 2 aliphatic rings. The SMILES string of the molecule is C[C@@H]1[C@H](CN2CCCCC2)O[C@H](c2cccc(-c3cccc(CNC(=O)c4ccccc4)c3)c2)O[C@@H]1c1ccc(CO)cc1. The second-order valence-corrected chi connectivity index (χ2v) is 12.1. The van der Waals surface area contributed by atoms with Gasteiger partial charge in [-0.2, -0.15) is 0 Å². The molecular formula is C38H42N2O4. The third-order valence-electron chi connectivity index (χ3n) is 8.92. The fourth-order valence-electron chi connectivity index (χ4n) is 6.32. The zero-order valence-corrected chi connectivity index (χ0v) is 25.4. The van der Waals surface area contributed by atoms with Gasteiger partial charge in [0.05, 0.1) is 18.8 Å². The topological polar surface area (TPSA) is 71.0 Å². The average molecular weight is 591 g/mol. The standard InChI is InChI=1S/C38H42N2O4/c1-27-35(25-40-20-6-3-7-21-40)43-38(44-36(27)30-18-16-28(26-41)17-19-30)34-15-9-14-33(23-34)32-13-8-10-29(22-32)24-39-37(42)31-11-4-2-5-12-31/h2,4-5,8-19,22-23,27,35-36,38,41H,3,6-7,20-21,24-26H2,1H3,(H,39,42)/t27-,35+,36+,38+/m1/s1. The minimum atomic E-state index is -0.503. The number of aliphatic hydroxyl groups is 1. The van der Waals surface area contributed by atoms with Crippen molar-refractivity contribution in [1.82, 2.24) is 10.2 Å². The maximum Gasteiger partial charge on any atom is 0.251 e. The fourth-order valence-corrected chi connectivity index (χ4v) is 6.32. The molecule has 0 aliphatic carbocycles. The first-order chi connectivity index (χ1) is 21.6. The van der Waals surface area contributed by atoms with E-state index >= 15 is 0 Å². The van der Waals surface area contributed by atoms with E-state index in [0.717, 1.165) is 53.0 Å². The molecule has 2 fully saturated rings. The van der Waals surface area contributed by atoms with Crippen LogP contribution in [0.5, 0.6) is 0 Å². The summed E-state index contributed by atoms with van der Waals surface area (Å²) in [5.41, 5.74) is 6.81. The summed E-state index contributed by atoms with van der Waals surface area (Å²) in [6.07, 6.45) is 3.17. The van der Waals surface area contributed by atoms with Crippen LogP contribution in [0, 0.1) is 5.92 Å². The van der Waals surface area contributed by atoms with Crippen LogP contribution >= 0.6 is 0 Å². The van der Waals surface area contributed by atoms with Gasteiger partial charge < -0.3 is 24.8 Å². The molecule has 6 rings (SSSR count). The van der Waals surface area contributed by atoms with Gasteiger partial charge in [0.15, 0.2) is 6.29 Å². The van der Waals surface area contributed by atoms with Crippen molar-refractivity contribution in [2.24, 2.45) is 5.92 Å². The van der Waals surface area contributed by atoms with Gasteiger partial charge in [-0.15, -0.1) is 0 Å². The Morgan fingerprint density at radius 1 is 0.795 bits per heavy atom. The summed E-state index contributed by atoms with van der Waals surface area (Å²) < 4.78 is 13.5. The second kappa shape index (κ2) is 14.3. The van der Waals surface area contributed by atoms with E-state index in [4.69, 9.17) is 9.47 Å². The number of benzene rings is 4. The number of nitrogens with zero attached hydrogens (tertiary/aromatic N) is 1. The molecule has 2 N–H and O–H groups in total. The molecule has 0 spiro atoms. The number of carbonyl (C=O) groups is 1. The van der Waals surface area contributed by atoms with E-state index in [-0.39, 0.29) is 30.6 Å². The largest absolute Gasteiger partial charge is 0.392 e. The van der Waals surface area contributed by atoms with Crippen LogP contribution in [-0.4, -0.2) is 41.7 Å². The van der Waals surface area contributed by atoms with Crippen molar-refractivity contribution in [3.05, 3.63) is 131 Å². The van der Waals surface area contributed by atoms with Crippen LogP contribution in [0.4, 0.5) is 0 Å². The molecule has 228 valence electrons. The number of rotatable bonds is 9. The Morgan fingerprint density at radius 3 is 2.27 bits per heavy atom. The number of hydrogen-bond donors (Lipinski definition) is 2. The van der Waals surface area contributed by atoms with E-state index in [1.54, 1.807) is 0 Å². The highest BCUT2D eigenvalue weighted by Crippen LogP contribution is 2.42. The van der Waals surface area contributed by atoms with E-state index < -0.39 is 6.29 Å². The number of likely N-dealkylation sites (tertiary alicyclic amines) is 1. The van der Waals surface area contributed by atoms with Gasteiger partial charge in [0.1, 0.15) is 0 Å². The molecule has 2 saturated heterocycles. The molecule has 0 radical (unpaired) electrons. The Balaban J connectivity index is 1.22. The van der Waals surface area contributed by atoms with Gasteiger partial charge in [-0.3, -0.25) is 4.79 Å². The summed E-state index contributed by atoms with van der Waals surface area (Å²) in [6, 6.07) is 34.1. The van der Waals surface area contributed by atoms with Crippen LogP contribution in [0.15, 0.2) is 103 Å². The van der Waals surface area contributed by atoms with Crippen LogP contribution in [0.1, 0.15) is 71.2 Å². The molecule has 4 aromatic carbocycles. The van der Waals surface area contributed by atoms with Gasteiger partial charge in [-0.1, -0.05) is 92.2 Å². The zero-order chi connectivity index (χ0) is 30.3. The van der Waals surface area contributed by atoms with Crippen molar-refractivity contribution in [3.63, 3.8) is 0 Å². The van der Waals surface area contributed by atoms with Crippen molar-refractivity contribution in [3.8, 4) is 11.1 Å². The highest BCUT2D eigenvalue weighted by molar-refractivity contribution is 5.94. The Bertz CT molecular complexity index is 1520. The predicted octanol–water partition coefficient (Wildman–Crippen LogP) is 7.05.